The maximum atomic E-state index is 13.1. The quantitative estimate of drug-likeness (QED) is 0.538. The minimum atomic E-state index is -1.33. The monoisotopic (exact) mass is 199 g/mol. The standard InChI is InChI=1S/C8H6BF2O3/c1-14-8(12)4-2-3-5(9-13)7(11)6(4)10/h2-3,13H,1H3. The Hall–Kier alpha value is -1.43. The first-order chi connectivity index (χ1) is 6.61. The van der Waals surface area contributed by atoms with Gasteiger partial charge in [-0.25, -0.2) is 13.6 Å². The molecule has 1 aromatic carbocycles. The van der Waals surface area contributed by atoms with Crippen LogP contribution in [0.3, 0.4) is 0 Å². The highest BCUT2D eigenvalue weighted by molar-refractivity contribution is 6.45. The van der Waals surface area contributed by atoms with Gasteiger partial charge >= 0.3 is 13.5 Å². The molecule has 14 heavy (non-hydrogen) atoms. The van der Waals surface area contributed by atoms with E-state index in [9.17, 15) is 13.6 Å². The molecule has 0 fully saturated rings. The molecule has 0 amide bonds. The first kappa shape index (κ1) is 10.7. The van der Waals surface area contributed by atoms with E-state index in [1.807, 2.05) is 0 Å². The van der Waals surface area contributed by atoms with Crippen molar-refractivity contribution in [3.8, 4) is 0 Å². The molecule has 1 rings (SSSR count). The topological polar surface area (TPSA) is 46.5 Å². The van der Waals surface area contributed by atoms with Gasteiger partial charge in [-0.1, -0.05) is 6.07 Å². The minimum absolute atomic E-state index is 0.324. The second-order valence-corrected chi connectivity index (χ2v) is 2.45. The van der Waals surface area contributed by atoms with E-state index < -0.39 is 23.2 Å². The van der Waals surface area contributed by atoms with E-state index in [1.165, 1.54) is 0 Å². The molecule has 0 aliphatic heterocycles. The molecule has 1 N–H and O–H groups in total. The van der Waals surface area contributed by atoms with E-state index >= 15 is 0 Å². The van der Waals surface area contributed by atoms with Crippen LogP contribution >= 0.6 is 0 Å². The lowest BCUT2D eigenvalue weighted by Gasteiger charge is -2.04. The predicted octanol–water partition coefficient (Wildman–Crippen LogP) is -0.0118. The van der Waals surface area contributed by atoms with Crippen LogP contribution < -0.4 is 5.46 Å². The molecule has 0 saturated carbocycles. The molecule has 1 aromatic rings. The summed E-state index contributed by atoms with van der Waals surface area (Å²) in [6.45, 7) is 0. The fourth-order valence-corrected chi connectivity index (χ4v) is 0.932. The zero-order valence-corrected chi connectivity index (χ0v) is 7.25. The molecule has 0 aromatic heterocycles. The van der Waals surface area contributed by atoms with E-state index in [-0.39, 0.29) is 5.46 Å². The fourth-order valence-electron chi connectivity index (χ4n) is 0.932. The Kier molecular flexibility index (Phi) is 3.19. The summed E-state index contributed by atoms with van der Waals surface area (Å²) in [6, 6.07) is 2.11. The van der Waals surface area contributed by atoms with E-state index in [1.54, 1.807) is 0 Å². The number of ether oxygens (including phenoxy) is 1. The average Bonchev–Trinajstić information content (AvgIpc) is 2.21. The van der Waals surface area contributed by atoms with Crippen molar-refractivity contribution in [3.05, 3.63) is 29.3 Å². The van der Waals surface area contributed by atoms with Crippen LogP contribution in [0.5, 0.6) is 0 Å². The summed E-state index contributed by atoms with van der Waals surface area (Å²) in [6.07, 6.45) is 0. The van der Waals surface area contributed by atoms with Crippen molar-refractivity contribution < 1.29 is 23.3 Å². The number of carbonyl (C=O) groups is 1. The third-order valence-corrected chi connectivity index (χ3v) is 1.66. The lowest BCUT2D eigenvalue weighted by molar-refractivity contribution is 0.0594. The molecular weight excluding hydrogens is 193 g/mol. The highest BCUT2D eigenvalue weighted by Crippen LogP contribution is 2.10. The van der Waals surface area contributed by atoms with Crippen LogP contribution in [0.15, 0.2) is 12.1 Å². The first-order valence-electron chi connectivity index (χ1n) is 3.65. The highest BCUT2D eigenvalue weighted by Gasteiger charge is 2.18. The zero-order valence-electron chi connectivity index (χ0n) is 7.25. The predicted molar refractivity (Wildman–Crippen MR) is 45.3 cm³/mol. The summed E-state index contributed by atoms with van der Waals surface area (Å²) in [5.74, 6) is -3.58. The average molecular weight is 199 g/mol. The molecule has 0 saturated heterocycles. The van der Waals surface area contributed by atoms with E-state index in [2.05, 4.69) is 4.74 Å². The Morgan fingerprint density at radius 1 is 1.43 bits per heavy atom. The summed E-state index contributed by atoms with van der Waals surface area (Å²) in [4.78, 5) is 10.9. The van der Waals surface area contributed by atoms with Gasteiger partial charge in [0.1, 0.15) is 0 Å². The van der Waals surface area contributed by atoms with Gasteiger partial charge in [0.25, 0.3) is 0 Å². The lowest BCUT2D eigenvalue weighted by Crippen LogP contribution is -2.21. The van der Waals surface area contributed by atoms with Crippen molar-refractivity contribution in [1.82, 2.24) is 0 Å². The molecule has 0 unspecified atom stereocenters. The molecule has 0 bridgehead atoms. The van der Waals surface area contributed by atoms with Gasteiger partial charge in [-0.3, -0.25) is 0 Å². The zero-order chi connectivity index (χ0) is 10.7. The molecule has 73 valence electrons. The molecular formula is C8H6BF2O3. The molecule has 6 heteroatoms. The van der Waals surface area contributed by atoms with Crippen molar-refractivity contribution in [2.24, 2.45) is 0 Å². The number of benzene rings is 1. The Bertz CT molecular complexity index is 368. The second kappa shape index (κ2) is 4.19. The van der Waals surface area contributed by atoms with Gasteiger partial charge < -0.3 is 9.76 Å². The molecule has 0 spiro atoms. The molecule has 0 heterocycles. The third kappa shape index (κ3) is 1.74. The van der Waals surface area contributed by atoms with Gasteiger partial charge in [-0.15, -0.1) is 0 Å². The minimum Gasteiger partial charge on any atom is -0.465 e. The van der Waals surface area contributed by atoms with Gasteiger partial charge in [0, 0.05) is 0 Å². The number of rotatable bonds is 2. The van der Waals surface area contributed by atoms with Crippen molar-refractivity contribution in [2.75, 3.05) is 7.11 Å². The van der Waals surface area contributed by atoms with E-state index in [4.69, 9.17) is 5.02 Å². The van der Waals surface area contributed by atoms with Crippen LogP contribution in [0.2, 0.25) is 0 Å². The van der Waals surface area contributed by atoms with Crippen LogP contribution in [0.1, 0.15) is 10.4 Å². The molecule has 0 aliphatic rings. The molecule has 1 radical (unpaired) electrons. The number of methoxy groups -OCH3 is 1. The first-order valence-corrected chi connectivity index (χ1v) is 3.65. The van der Waals surface area contributed by atoms with Gasteiger partial charge in [-0.05, 0) is 11.5 Å². The van der Waals surface area contributed by atoms with Crippen molar-refractivity contribution in [2.45, 2.75) is 0 Å². The smallest absolute Gasteiger partial charge is 0.340 e. The number of halogens is 2. The molecule has 3 nitrogen and oxygen atoms in total. The lowest BCUT2D eigenvalue weighted by atomic mass is 9.87. The Balaban J connectivity index is 3.24. The van der Waals surface area contributed by atoms with E-state index in [0.717, 1.165) is 19.2 Å². The summed E-state index contributed by atoms with van der Waals surface area (Å²) < 4.78 is 30.3. The molecule has 0 aliphatic carbocycles. The summed E-state index contributed by atoms with van der Waals surface area (Å²) >= 11 is 0. The Morgan fingerprint density at radius 2 is 2.07 bits per heavy atom. The number of carbonyl (C=O) groups excluding carboxylic acids is 1. The van der Waals surface area contributed by atoms with Crippen LogP contribution in [-0.4, -0.2) is 25.6 Å². The van der Waals surface area contributed by atoms with Crippen LogP contribution in [-0.2, 0) is 4.74 Å². The van der Waals surface area contributed by atoms with Gasteiger partial charge in [-0.2, -0.15) is 0 Å². The Labute approximate surface area is 79.6 Å². The maximum absolute atomic E-state index is 13.1. The maximum Gasteiger partial charge on any atom is 0.340 e. The number of hydrogen-bond acceptors (Lipinski definition) is 3. The highest BCUT2D eigenvalue weighted by atomic mass is 19.2. The number of hydrogen-bond donors (Lipinski definition) is 1. The van der Waals surface area contributed by atoms with Crippen molar-refractivity contribution >= 4 is 18.9 Å². The SMILES string of the molecule is COC(=O)c1ccc([B]O)c(F)c1F. The normalized spacial score (nSPS) is 9.71. The van der Waals surface area contributed by atoms with Gasteiger partial charge in [0.05, 0.1) is 12.7 Å². The van der Waals surface area contributed by atoms with Crippen molar-refractivity contribution in [1.29, 1.82) is 0 Å². The largest absolute Gasteiger partial charge is 0.465 e. The number of esters is 1. The molecule has 0 atom stereocenters. The van der Waals surface area contributed by atoms with Crippen LogP contribution in [0.4, 0.5) is 8.78 Å². The Morgan fingerprint density at radius 3 is 2.57 bits per heavy atom. The summed E-state index contributed by atoms with van der Waals surface area (Å²) in [5.41, 5.74) is -0.828. The fraction of sp³-hybridized carbons (Fsp3) is 0.125. The van der Waals surface area contributed by atoms with Crippen LogP contribution in [0, 0.1) is 11.6 Å². The second-order valence-electron chi connectivity index (χ2n) is 2.45. The summed E-state index contributed by atoms with van der Waals surface area (Å²) in [7, 11) is 1.48. The van der Waals surface area contributed by atoms with Gasteiger partial charge in [0.2, 0.25) is 0 Å². The third-order valence-electron chi connectivity index (χ3n) is 1.66. The van der Waals surface area contributed by atoms with Crippen molar-refractivity contribution in [3.63, 3.8) is 0 Å². The van der Waals surface area contributed by atoms with Crippen LogP contribution in [0.25, 0.3) is 0 Å². The van der Waals surface area contributed by atoms with E-state index in [0.29, 0.717) is 7.48 Å². The summed E-state index contributed by atoms with van der Waals surface area (Å²) in [5, 5.41) is 8.48. The van der Waals surface area contributed by atoms with Gasteiger partial charge in [0.15, 0.2) is 11.6 Å².